The van der Waals surface area contributed by atoms with E-state index in [-0.39, 0.29) is 5.82 Å². The Bertz CT molecular complexity index is 313. The Kier molecular flexibility index (Phi) is 1.63. The van der Waals surface area contributed by atoms with Gasteiger partial charge in [0.25, 0.3) is 0 Å². The summed E-state index contributed by atoms with van der Waals surface area (Å²) in [5.41, 5.74) is 7.34. The van der Waals surface area contributed by atoms with E-state index in [4.69, 9.17) is 5.73 Å². The standard InChI is InChI=1S/C9H10FNO/c10-6-2-1-5-3-8(12)9(11)7(5)4-6/h1-2,4,8-9,12H,3,11H2/t8-,9+/m1/s1. The van der Waals surface area contributed by atoms with Crippen LogP contribution in [-0.2, 0) is 6.42 Å². The second-order valence-corrected chi connectivity index (χ2v) is 3.14. The van der Waals surface area contributed by atoms with Gasteiger partial charge in [-0.15, -0.1) is 0 Å². The smallest absolute Gasteiger partial charge is 0.123 e. The Morgan fingerprint density at radius 1 is 1.50 bits per heavy atom. The fourth-order valence-corrected chi connectivity index (χ4v) is 1.62. The molecule has 64 valence electrons. The summed E-state index contributed by atoms with van der Waals surface area (Å²) >= 11 is 0. The molecule has 0 amide bonds. The largest absolute Gasteiger partial charge is 0.391 e. The number of nitrogens with two attached hydrogens (primary N) is 1. The highest BCUT2D eigenvalue weighted by Crippen LogP contribution is 2.29. The number of halogens is 1. The Balaban J connectivity index is 2.48. The highest BCUT2D eigenvalue weighted by Gasteiger charge is 2.27. The van der Waals surface area contributed by atoms with E-state index in [2.05, 4.69) is 0 Å². The molecule has 0 aromatic heterocycles. The van der Waals surface area contributed by atoms with Crippen LogP contribution in [0.1, 0.15) is 17.2 Å². The van der Waals surface area contributed by atoms with Crippen LogP contribution in [0.25, 0.3) is 0 Å². The van der Waals surface area contributed by atoms with Crippen LogP contribution in [0.5, 0.6) is 0 Å². The molecule has 0 saturated carbocycles. The Labute approximate surface area is 69.8 Å². The molecular formula is C9H10FNO. The molecule has 0 heterocycles. The van der Waals surface area contributed by atoms with Crippen LogP contribution in [0.3, 0.4) is 0 Å². The average molecular weight is 167 g/mol. The van der Waals surface area contributed by atoms with Gasteiger partial charge in [-0.25, -0.2) is 4.39 Å². The first-order valence-corrected chi connectivity index (χ1v) is 3.90. The minimum Gasteiger partial charge on any atom is -0.391 e. The van der Waals surface area contributed by atoms with E-state index in [1.54, 1.807) is 6.07 Å². The minimum atomic E-state index is -0.554. The predicted octanol–water partition coefficient (Wildman–Crippen LogP) is 0.743. The first kappa shape index (κ1) is 7.71. The highest BCUT2D eigenvalue weighted by molar-refractivity contribution is 5.36. The van der Waals surface area contributed by atoms with E-state index in [9.17, 15) is 9.50 Å². The summed E-state index contributed by atoms with van der Waals surface area (Å²) < 4.78 is 12.7. The first-order valence-electron chi connectivity index (χ1n) is 3.90. The third-order valence-electron chi connectivity index (χ3n) is 2.31. The van der Waals surface area contributed by atoms with E-state index >= 15 is 0 Å². The van der Waals surface area contributed by atoms with Gasteiger partial charge in [-0.1, -0.05) is 6.07 Å². The molecule has 0 saturated heterocycles. The molecule has 0 bridgehead atoms. The Hall–Kier alpha value is -0.930. The topological polar surface area (TPSA) is 46.2 Å². The lowest BCUT2D eigenvalue weighted by Crippen LogP contribution is -2.21. The molecule has 2 nitrogen and oxygen atoms in total. The zero-order valence-electron chi connectivity index (χ0n) is 6.50. The van der Waals surface area contributed by atoms with Gasteiger partial charge in [0.15, 0.2) is 0 Å². The molecule has 1 aliphatic rings. The van der Waals surface area contributed by atoms with Crippen LogP contribution < -0.4 is 5.73 Å². The molecular weight excluding hydrogens is 157 g/mol. The molecule has 2 rings (SSSR count). The van der Waals surface area contributed by atoms with Crippen LogP contribution in [0, 0.1) is 5.82 Å². The van der Waals surface area contributed by atoms with Crippen molar-refractivity contribution in [2.75, 3.05) is 0 Å². The number of benzene rings is 1. The quantitative estimate of drug-likeness (QED) is 0.598. The number of hydrogen-bond donors (Lipinski definition) is 2. The van der Waals surface area contributed by atoms with Gasteiger partial charge in [0.1, 0.15) is 5.82 Å². The molecule has 1 aromatic rings. The fraction of sp³-hybridized carbons (Fsp3) is 0.333. The van der Waals surface area contributed by atoms with Crippen LogP contribution in [0.15, 0.2) is 18.2 Å². The van der Waals surface area contributed by atoms with Crippen molar-refractivity contribution in [2.45, 2.75) is 18.6 Å². The second-order valence-electron chi connectivity index (χ2n) is 3.14. The molecule has 3 N–H and O–H groups in total. The maximum Gasteiger partial charge on any atom is 0.123 e. The van der Waals surface area contributed by atoms with Gasteiger partial charge >= 0.3 is 0 Å². The summed E-state index contributed by atoms with van der Waals surface area (Å²) in [7, 11) is 0. The van der Waals surface area contributed by atoms with Crippen molar-refractivity contribution in [3.8, 4) is 0 Å². The van der Waals surface area contributed by atoms with Crippen molar-refractivity contribution in [2.24, 2.45) is 5.73 Å². The van der Waals surface area contributed by atoms with E-state index in [1.165, 1.54) is 12.1 Å². The van der Waals surface area contributed by atoms with Crippen LogP contribution in [0.4, 0.5) is 4.39 Å². The summed E-state index contributed by atoms with van der Waals surface area (Å²) in [5.74, 6) is -0.293. The van der Waals surface area contributed by atoms with E-state index < -0.39 is 12.1 Å². The molecule has 1 aliphatic carbocycles. The van der Waals surface area contributed by atoms with Gasteiger partial charge < -0.3 is 10.8 Å². The van der Waals surface area contributed by atoms with Crippen LogP contribution >= 0.6 is 0 Å². The van der Waals surface area contributed by atoms with Gasteiger partial charge in [0.05, 0.1) is 12.1 Å². The van der Waals surface area contributed by atoms with Gasteiger partial charge in [-0.3, -0.25) is 0 Å². The van der Waals surface area contributed by atoms with E-state index in [0.717, 1.165) is 11.1 Å². The van der Waals surface area contributed by atoms with Crippen molar-refractivity contribution in [3.05, 3.63) is 35.1 Å². The van der Waals surface area contributed by atoms with E-state index in [0.29, 0.717) is 6.42 Å². The van der Waals surface area contributed by atoms with Crippen molar-refractivity contribution >= 4 is 0 Å². The van der Waals surface area contributed by atoms with Gasteiger partial charge in [-0.2, -0.15) is 0 Å². The molecule has 0 fully saturated rings. The third-order valence-corrected chi connectivity index (χ3v) is 2.31. The number of aliphatic hydroxyl groups excluding tert-OH is 1. The molecule has 0 spiro atoms. The summed E-state index contributed by atoms with van der Waals surface area (Å²) in [5, 5.41) is 9.36. The summed E-state index contributed by atoms with van der Waals surface area (Å²) in [4.78, 5) is 0. The predicted molar refractivity (Wildman–Crippen MR) is 43.0 cm³/mol. The molecule has 2 atom stereocenters. The summed E-state index contributed by atoms with van der Waals surface area (Å²) in [6.45, 7) is 0. The Morgan fingerprint density at radius 3 is 3.00 bits per heavy atom. The monoisotopic (exact) mass is 167 g/mol. The zero-order chi connectivity index (χ0) is 8.72. The van der Waals surface area contributed by atoms with Gasteiger partial charge in [0, 0.05) is 6.42 Å². The van der Waals surface area contributed by atoms with Crippen LogP contribution in [-0.4, -0.2) is 11.2 Å². The van der Waals surface area contributed by atoms with Gasteiger partial charge in [-0.05, 0) is 23.3 Å². The molecule has 0 aliphatic heterocycles. The maximum atomic E-state index is 12.7. The summed E-state index contributed by atoms with van der Waals surface area (Å²) in [6, 6.07) is 4.05. The highest BCUT2D eigenvalue weighted by atomic mass is 19.1. The minimum absolute atomic E-state index is 0.293. The molecule has 0 radical (unpaired) electrons. The fourth-order valence-electron chi connectivity index (χ4n) is 1.62. The lowest BCUT2D eigenvalue weighted by molar-refractivity contribution is 0.158. The number of hydrogen-bond acceptors (Lipinski definition) is 2. The van der Waals surface area contributed by atoms with E-state index in [1.807, 2.05) is 0 Å². The van der Waals surface area contributed by atoms with Crippen molar-refractivity contribution < 1.29 is 9.50 Å². The third kappa shape index (κ3) is 1.02. The van der Waals surface area contributed by atoms with Crippen molar-refractivity contribution in [1.29, 1.82) is 0 Å². The normalized spacial score (nSPS) is 27.2. The molecule has 12 heavy (non-hydrogen) atoms. The lowest BCUT2D eigenvalue weighted by atomic mass is 10.1. The first-order chi connectivity index (χ1) is 5.68. The number of fused-ring (bicyclic) bond motifs is 1. The molecule has 1 aromatic carbocycles. The lowest BCUT2D eigenvalue weighted by Gasteiger charge is -2.08. The number of aliphatic hydroxyl groups is 1. The average Bonchev–Trinajstić information content (AvgIpc) is 2.31. The Morgan fingerprint density at radius 2 is 2.25 bits per heavy atom. The molecule has 3 heteroatoms. The number of rotatable bonds is 0. The molecule has 0 unspecified atom stereocenters. The van der Waals surface area contributed by atoms with Crippen LogP contribution in [0.2, 0.25) is 0 Å². The van der Waals surface area contributed by atoms with Crippen molar-refractivity contribution in [1.82, 2.24) is 0 Å². The van der Waals surface area contributed by atoms with Crippen molar-refractivity contribution in [3.63, 3.8) is 0 Å². The zero-order valence-corrected chi connectivity index (χ0v) is 6.50. The maximum absolute atomic E-state index is 12.7. The van der Waals surface area contributed by atoms with Gasteiger partial charge in [0.2, 0.25) is 0 Å². The summed E-state index contributed by atoms with van der Waals surface area (Å²) in [6.07, 6.45) is -0.0154. The SMILES string of the molecule is N[C@H]1c2cc(F)ccc2C[C@H]1O. The second kappa shape index (κ2) is 2.54.